The first-order chi connectivity index (χ1) is 15.9. The lowest BCUT2D eigenvalue weighted by atomic mass is 9.97. The van der Waals surface area contributed by atoms with E-state index in [1.54, 1.807) is 0 Å². The highest BCUT2D eigenvalue weighted by Crippen LogP contribution is 2.32. The van der Waals surface area contributed by atoms with Crippen molar-refractivity contribution >= 4 is 40.0 Å². The van der Waals surface area contributed by atoms with Crippen LogP contribution in [0.2, 0.25) is 0 Å². The summed E-state index contributed by atoms with van der Waals surface area (Å²) < 4.78 is 5.56. The molecule has 0 bridgehead atoms. The molecule has 2 aliphatic heterocycles. The number of anilines is 2. The zero-order valence-electron chi connectivity index (χ0n) is 19.3. The van der Waals surface area contributed by atoms with Gasteiger partial charge >= 0.3 is 0 Å². The van der Waals surface area contributed by atoms with Crippen molar-refractivity contribution < 1.29 is 9.53 Å². The van der Waals surface area contributed by atoms with Gasteiger partial charge in [0.2, 0.25) is 5.91 Å². The molecule has 0 aromatic heterocycles. The fourth-order valence-corrected chi connectivity index (χ4v) is 4.81. The first-order valence-corrected chi connectivity index (χ1v) is 12.1. The number of aliphatic imine (C=N–C) groups is 1. The average molecular weight is 467 g/mol. The molecule has 2 aliphatic rings. The number of carbonyl (C=O) groups is 1. The average Bonchev–Trinajstić information content (AvgIpc) is 3.17. The largest absolute Gasteiger partial charge is 0.494 e. The van der Waals surface area contributed by atoms with E-state index in [1.165, 1.54) is 17.3 Å². The second-order valence-corrected chi connectivity index (χ2v) is 9.19. The smallest absolute Gasteiger partial charge is 0.234 e. The lowest BCUT2D eigenvalue weighted by Crippen LogP contribution is -2.50. The Kier molecular flexibility index (Phi) is 7.02. The Bertz CT molecular complexity index is 1070. The van der Waals surface area contributed by atoms with Gasteiger partial charge in [0.15, 0.2) is 5.17 Å². The summed E-state index contributed by atoms with van der Waals surface area (Å²) in [6.45, 7) is 8.64. The first-order valence-electron chi connectivity index (χ1n) is 11.1. The summed E-state index contributed by atoms with van der Waals surface area (Å²) >= 11 is 1.33. The van der Waals surface area contributed by atoms with Gasteiger partial charge in [-0.25, -0.2) is 10.4 Å². The van der Waals surface area contributed by atoms with E-state index in [2.05, 4.69) is 16.2 Å². The molecule has 9 heteroatoms. The van der Waals surface area contributed by atoms with Crippen molar-refractivity contribution in [2.75, 3.05) is 22.6 Å². The predicted molar refractivity (Wildman–Crippen MR) is 135 cm³/mol. The van der Waals surface area contributed by atoms with Crippen LogP contribution in [-0.4, -0.2) is 41.5 Å². The van der Waals surface area contributed by atoms with Crippen molar-refractivity contribution in [3.63, 3.8) is 0 Å². The molecule has 4 N–H and O–H groups in total. The monoisotopic (exact) mass is 466 g/mol. The molecule has 0 saturated carbocycles. The first kappa shape index (κ1) is 23.3. The highest BCUT2D eigenvalue weighted by atomic mass is 32.2. The Hall–Kier alpha value is -2.88. The Balaban J connectivity index is 1.52. The second kappa shape index (κ2) is 9.94. The summed E-state index contributed by atoms with van der Waals surface area (Å²) in [6.07, 6.45) is -0.239. The maximum Gasteiger partial charge on any atom is 0.234 e. The minimum atomic E-state index is -0.239. The molecule has 174 valence electrons. The van der Waals surface area contributed by atoms with Crippen LogP contribution in [0.1, 0.15) is 25.0 Å². The zero-order chi connectivity index (χ0) is 23.5. The minimum Gasteiger partial charge on any atom is -0.494 e. The number of aryl methyl sites for hydroxylation is 2. The number of nitrogens with one attached hydrogen (secondary N) is 4. The quantitative estimate of drug-likeness (QED) is 0.518. The molecule has 4 rings (SSSR count). The molecule has 3 atom stereocenters. The van der Waals surface area contributed by atoms with E-state index >= 15 is 0 Å². The number of hydrogen-bond acceptors (Lipinski definition) is 7. The number of ether oxygens (including phenoxy) is 1. The Morgan fingerprint density at radius 1 is 1.18 bits per heavy atom. The van der Waals surface area contributed by atoms with Crippen LogP contribution in [0.4, 0.5) is 11.4 Å². The Morgan fingerprint density at radius 3 is 2.64 bits per heavy atom. The summed E-state index contributed by atoms with van der Waals surface area (Å²) in [5.74, 6) is 1.19. The van der Waals surface area contributed by atoms with E-state index in [9.17, 15) is 4.79 Å². The van der Waals surface area contributed by atoms with Gasteiger partial charge in [0, 0.05) is 17.4 Å². The maximum atomic E-state index is 12.7. The molecule has 3 unspecified atom stereocenters. The molecular weight excluding hydrogens is 436 g/mol. The van der Waals surface area contributed by atoms with E-state index in [0.29, 0.717) is 17.6 Å². The van der Waals surface area contributed by atoms with Crippen LogP contribution in [0.5, 0.6) is 5.75 Å². The molecule has 2 aromatic carbocycles. The third kappa shape index (κ3) is 5.05. The number of benzene rings is 2. The lowest BCUT2D eigenvalue weighted by Gasteiger charge is -2.36. The van der Waals surface area contributed by atoms with Crippen LogP contribution in [-0.2, 0) is 4.79 Å². The van der Waals surface area contributed by atoms with Gasteiger partial charge < -0.3 is 10.1 Å². The van der Waals surface area contributed by atoms with Gasteiger partial charge in [-0.15, -0.1) is 0 Å². The molecular formula is C24H30N6O2S. The number of amidine groups is 2. The SMILES string of the molecule is CCOc1ccc(N2C(=N)C3C(C)NNC3N=C2SCC(=O)Nc2ccc(C)c(C)c2)cc1. The van der Waals surface area contributed by atoms with Crippen LogP contribution in [0.15, 0.2) is 47.5 Å². The number of hydrogen-bond donors (Lipinski definition) is 4. The van der Waals surface area contributed by atoms with E-state index < -0.39 is 0 Å². The fourth-order valence-electron chi connectivity index (χ4n) is 3.95. The molecule has 33 heavy (non-hydrogen) atoms. The highest BCUT2D eigenvalue weighted by Gasteiger charge is 2.43. The van der Waals surface area contributed by atoms with Gasteiger partial charge in [0.1, 0.15) is 17.8 Å². The van der Waals surface area contributed by atoms with E-state index in [4.69, 9.17) is 15.1 Å². The number of carbonyl (C=O) groups excluding carboxylic acids is 1. The number of nitrogens with zero attached hydrogens (tertiary/aromatic N) is 2. The normalized spacial score (nSPS) is 22.1. The molecule has 2 heterocycles. The molecule has 0 spiro atoms. The summed E-state index contributed by atoms with van der Waals surface area (Å²) in [7, 11) is 0. The van der Waals surface area contributed by atoms with Crippen LogP contribution in [0, 0.1) is 25.2 Å². The third-order valence-electron chi connectivity index (χ3n) is 5.86. The summed E-state index contributed by atoms with van der Waals surface area (Å²) in [5.41, 5.74) is 10.3. The molecule has 1 saturated heterocycles. The van der Waals surface area contributed by atoms with Crippen LogP contribution in [0.25, 0.3) is 0 Å². The molecule has 8 nitrogen and oxygen atoms in total. The highest BCUT2D eigenvalue weighted by molar-refractivity contribution is 8.14. The van der Waals surface area contributed by atoms with E-state index in [0.717, 1.165) is 22.7 Å². The number of rotatable bonds is 6. The zero-order valence-corrected chi connectivity index (χ0v) is 20.1. The van der Waals surface area contributed by atoms with E-state index in [1.807, 2.05) is 75.1 Å². The summed E-state index contributed by atoms with van der Waals surface area (Å²) in [6, 6.07) is 13.6. The number of amides is 1. The lowest BCUT2D eigenvalue weighted by molar-refractivity contribution is -0.113. The van der Waals surface area contributed by atoms with Crippen LogP contribution in [0.3, 0.4) is 0 Å². The molecule has 2 aromatic rings. The molecule has 0 radical (unpaired) electrons. The van der Waals surface area contributed by atoms with Crippen molar-refractivity contribution in [3.05, 3.63) is 53.6 Å². The fraction of sp³-hybridized carbons (Fsp3) is 0.375. The maximum absolute atomic E-state index is 12.7. The number of thioether (sulfide) groups is 1. The topological polar surface area (TPSA) is 102 Å². The van der Waals surface area contributed by atoms with Gasteiger partial charge in [0.25, 0.3) is 0 Å². The third-order valence-corrected chi connectivity index (χ3v) is 6.82. The van der Waals surface area contributed by atoms with Crippen LogP contribution < -0.4 is 25.8 Å². The summed E-state index contributed by atoms with van der Waals surface area (Å²) in [5, 5.41) is 12.5. The van der Waals surface area contributed by atoms with Gasteiger partial charge in [-0.1, -0.05) is 17.8 Å². The second-order valence-electron chi connectivity index (χ2n) is 8.24. The van der Waals surface area contributed by atoms with Gasteiger partial charge in [0.05, 0.1) is 18.3 Å². The van der Waals surface area contributed by atoms with Crippen molar-refractivity contribution in [1.82, 2.24) is 10.9 Å². The van der Waals surface area contributed by atoms with Crippen molar-refractivity contribution in [2.24, 2.45) is 10.9 Å². The van der Waals surface area contributed by atoms with Crippen molar-refractivity contribution in [2.45, 2.75) is 39.9 Å². The Morgan fingerprint density at radius 2 is 1.94 bits per heavy atom. The van der Waals surface area contributed by atoms with Crippen molar-refractivity contribution in [3.8, 4) is 5.75 Å². The Labute approximate surface area is 198 Å². The van der Waals surface area contributed by atoms with Gasteiger partial charge in [-0.2, -0.15) is 0 Å². The van der Waals surface area contributed by atoms with E-state index in [-0.39, 0.29) is 29.8 Å². The predicted octanol–water partition coefficient (Wildman–Crippen LogP) is 3.67. The van der Waals surface area contributed by atoms with Gasteiger partial charge in [-0.05, 0) is 75.2 Å². The minimum absolute atomic E-state index is 0.0658. The number of fused-ring (bicyclic) bond motifs is 1. The standard InChI is InChI=1S/C24H30N6O2S/c1-5-32-19-10-8-18(9-11-19)30-22(25)21-16(4)28-29-23(21)27-24(30)33-13-20(31)26-17-7-6-14(2)15(3)12-17/h6-12,16,21,23,25,28-29H,5,13H2,1-4H3,(H,26,31). The summed E-state index contributed by atoms with van der Waals surface area (Å²) in [4.78, 5) is 19.3. The van der Waals surface area contributed by atoms with Gasteiger partial charge in [-0.3, -0.25) is 20.5 Å². The molecule has 1 amide bonds. The van der Waals surface area contributed by atoms with Crippen LogP contribution >= 0.6 is 11.8 Å². The molecule has 0 aliphatic carbocycles. The number of hydrazine groups is 1. The van der Waals surface area contributed by atoms with Crippen molar-refractivity contribution in [1.29, 1.82) is 5.41 Å². The molecule has 1 fully saturated rings.